The Labute approximate surface area is 178 Å². The second-order valence-corrected chi connectivity index (χ2v) is 9.02. The SMILES string of the molecule is CONC(=O)c1cnc(NC(=O)C2CC2)cc1Nc1cccc(F)c1N(C)S(C)(=O)=O. The molecule has 12 heteroatoms. The lowest BCUT2D eigenvalue weighted by Crippen LogP contribution is -2.27. The molecule has 3 N–H and O–H groups in total. The van der Waals surface area contributed by atoms with E-state index in [1.807, 2.05) is 0 Å². The van der Waals surface area contributed by atoms with Gasteiger partial charge in [0.25, 0.3) is 5.91 Å². The van der Waals surface area contributed by atoms with E-state index in [1.54, 1.807) is 0 Å². The Hall–Kier alpha value is -3.25. The highest BCUT2D eigenvalue weighted by molar-refractivity contribution is 7.92. The molecular weight excluding hydrogens is 429 g/mol. The summed E-state index contributed by atoms with van der Waals surface area (Å²) < 4.78 is 39.3. The van der Waals surface area contributed by atoms with Crippen LogP contribution in [0.1, 0.15) is 23.2 Å². The molecule has 3 rings (SSSR count). The Morgan fingerprint density at radius 2 is 1.97 bits per heavy atom. The lowest BCUT2D eigenvalue weighted by molar-refractivity contribution is -0.117. The highest BCUT2D eigenvalue weighted by Gasteiger charge is 2.30. The number of carbonyl (C=O) groups is 2. The first kappa shape index (κ1) is 22.4. The largest absolute Gasteiger partial charge is 0.353 e. The van der Waals surface area contributed by atoms with Crippen LogP contribution in [0.3, 0.4) is 0 Å². The van der Waals surface area contributed by atoms with Gasteiger partial charge in [-0.25, -0.2) is 23.3 Å². The molecule has 1 aliphatic rings. The monoisotopic (exact) mass is 451 g/mol. The van der Waals surface area contributed by atoms with Crippen LogP contribution in [0.25, 0.3) is 0 Å². The van der Waals surface area contributed by atoms with E-state index in [0.717, 1.165) is 29.5 Å². The molecule has 166 valence electrons. The van der Waals surface area contributed by atoms with E-state index in [-0.39, 0.29) is 40.3 Å². The minimum atomic E-state index is -3.77. The van der Waals surface area contributed by atoms with Gasteiger partial charge in [-0.05, 0) is 25.0 Å². The van der Waals surface area contributed by atoms with Crippen molar-refractivity contribution in [2.45, 2.75) is 12.8 Å². The molecule has 0 bridgehead atoms. The Morgan fingerprint density at radius 3 is 2.58 bits per heavy atom. The number of sulfonamides is 1. The van der Waals surface area contributed by atoms with Crippen molar-refractivity contribution in [1.29, 1.82) is 0 Å². The van der Waals surface area contributed by atoms with Crippen molar-refractivity contribution >= 4 is 44.7 Å². The normalized spacial score (nSPS) is 13.4. The zero-order valence-electron chi connectivity index (χ0n) is 17.1. The molecular formula is C19H22FN5O5S. The summed E-state index contributed by atoms with van der Waals surface area (Å²) in [5.74, 6) is -1.49. The van der Waals surface area contributed by atoms with Crippen molar-refractivity contribution in [3.63, 3.8) is 0 Å². The van der Waals surface area contributed by atoms with E-state index >= 15 is 0 Å². The van der Waals surface area contributed by atoms with Crippen LogP contribution in [-0.4, -0.2) is 45.6 Å². The predicted molar refractivity (Wildman–Crippen MR) is 113 cm³/mol. The van der Waals surface area contributed by atoms with Crippen LogP contribution in [0.2, 0.25) is 0 Å². The first-order chi connectivity index (χ1) is 14.6. The third-order valence-electron chi connectivity index (χ3n) is 4.61. The third kappa shape index (κ3) is 5.27. The summed E-state index contributed by atoms with van der Waals surface area (Å²) in [6.07, 6.45) is 3.77. The van der Waals surface area contributed by atoms with Crippen molar-refractivity contribution in [3.8, 4) is 0 Å². The number of anilines is 4. The number of rotatable bonds is 8. The van der Waals surface area contributed by atoms with Gasteiger partial charge in [0.1, 0.15) is 17.3 Å². The molecule has 1 fully saturated rings. The van der Waals surface area contributed by atoms with E-state index in [9.17, 15) is 22.4 Å². The molecule has 0 atom stereocenters. The molecule has 0 saturated heterocycles. The van der Waals surface area contributed by atoms with Gasteiger partial charge in [-0.2, -0.15) is 0 Å². The molecule has 1 aliphatic carbocycles. The van der Waals surface area contributed by atoms with Gasteiger partial charge < -0.3 is 10.6 Å². The lowest BCUT2D eigenvalue weighted by atomic mass is 10.2. The van der Waals surface area contributed by atoms with Crippen LogP contribution in [0, 0.1) is 11.7 Å². The zero-order valence-corrected chi connectivity index (χ0v) is 17.9. The van der Waals surface area contributed by atoms with Gasteiger partial charge in [-0.15, -0.1) is 0 Å². The topological polar surface area (TPSA) is 130 Å². The van der Waals surface area contributed by atoms with Crippen LogP contribution in [0.15, 0.2) is 30.5 Å². The van der Waals surface area contributed by atoms with Crippen molar-refractivity contribution in [1.82, 2.24) is 10.5 Å². The molecule has 2 amide bonds. The number of halogens is 1. The van der Waals surface area contributed by atoms with Crippen LogP contribution < -0.4 is 20.4 Å². The summed E-state index contributed by atoms with van der Waals surface area (Å²) in [5, 5.41) is 5.55. The summed E-state index contributed by atoms with van der Waals surface area (Å²) in [5.41, 5.74) is 2.21. The Kier molecular flexibility index (Phi) is 6.41. The first-order valence-corrected chi connectivity index (χ1v) is 11.1. The number of carbonyl (C=O) groups excluding carboxylic acids is 2. The molecule has 1 aromatic carbocycles. The molecule has 0 unspecified atom stereocenters. The molecule has 1 heterocycles. The second-order valence-electron chi connectivity index (χ2n) is 7.01. The molecule has 0 spiro atoms. The fourth-order valence-electron chi connectivity index (χ4n) is 2.78. The quantitative estimate of drug-likeness (QED) is 0.524. The number of pyridine rings is 1. The Morgan fingerprint density at radius 1 is 1.26 bits per heavy atom. The van der Waals surface area contributed by atoms with Crippen molar-refractivity contribution in [3.05, 3.63) is 41.8 Å². The summed E-state index contributed by atoms with van der Waals surface area (Å²) >= 11 is 0. The Bertz CT molecular complexity index is 1120. The van der Waals surface area contributed by atoms with Crippen LogP contribution in [-0.2, 0) is 19.7 Å². The number of aromatic nitrogens is 1. The van der Waals surface area contributed by atoms with Crippen molar-refractivity contribution < 1.29 is 27.2 Å². The van der Waals surface area contributed by atoms with Crippen LogP contribution >= 0.6 is 0 Å². The zero-order chi connectivity index (χ0) is 22.8. The van der Waals surface area contributed by atoms with Gasteiger partial charge >= 0.3 is 0 Å². The number of benzene rings is 1. The average molecular weight is 451 g/mol. The number of hydroxylamine groups is 1. The number of amides is 2. The van der Waals surface area contributed by atoms with E-state index in [1.165, 1.54) is 38.6 Å². The van der Waals surface area contributed by atoms with Crippen molar-refractivity contribution in [2.24, 2.45) is 5.92 Å². The predicted octanol–water partition coefficient (Wildman–Crippen LogP) is 2.00. The fourth-order valence-corrected chi connectivity index (χ4v) is 3.29. The standard InChI is InChI=1S/C19H22FN5O5S/c1-25(31(3,28)29)17-13(20)5-4-6-14(17)22-15-9-16(23-18(26)11-7-8-11)21-10-12(15)19(27)24-30-2/h4-6,9-11H,7-8H2,1-3H3,(H,24,27)(H2,21,22,23,26). The summed E-state index contributed by atoms with van der Waals surface area (Å²) in [6, 6.07) is 5.37. The van der Waals surface area contributed by atoms with Gasteiger partial charge in [0.2, 0.25) is 15.9 Å². The van der Waals surface area contributed by atoms with Gasteiger partial charge in [-0.1, -0.05) is 6.07 Å². The molecule has 2 aromatic rings. The molecule has 10 nitrogen and oxygen atoms in total. The minimum Gasteiger partial charge on any atom is -0.353 e. The second kappa shape index (κ2) is 8.86. The van der Waals surface area contributed by atoms with Gasteiger partial charge in [0, 0.05) is 25.2 Å². The molecule has 0 radical (unpaired) electrons. The van der Waals surface area contributed by atoms with E-state index in [4.69, 9.17) is 0 Å². The molecule has 1 saturated carbocycles. The maximum Gasteiger partial charge on any atom is 0.278 e. The number of hydrogen-bond acceptors (Lipinski definition) is 7. The molecule has 31 heavy (non-hydrogen) atoms. The van der Waals surface area contributed by atoms with E-state index in [0.29, 0.717) is 0 Å². The minimum absolute atomic E-state index is 0.0310. The summed E-state index contributed by atoms with van der Waals surface area (Å²) in [7, 11) is -1.30. The number of hydrogen-bond donors (Lipinski definition) is 3. The first-order valence-electron chi connectivity index (χ1n) is 9.25. The highest BCUT2D eigenvalue weighted by Crippen LogP contribution is 2.34. The molecule has 0 aliphatic heterocycles. The fraction of sp³-hybridized carbons (Fsp3) is 0.316. The molecule has 1 aromatic heterocycles. The highest BCUT2D eigenvalue weighted by atomic mass is 32.2. The number of nitrogens with one attached hydrogen (secondary N) is 3. The number of para-hydroxylation sites is 1. The summed E-state index contributed by atoms with van der Waals surface area (Å²) in [4.78, 5) is 33.2. The van der Waals surface area contributed by atoms with E-state index < -0.39 is 21.7 Å². The third-order valence-corrected chi connectivity index (χ3v) is 5.79. The van der Waals surface area contributed by atoms with E-state index in [2.05, 4.69) is 25.9 Å². The average Bonchev–Trinajstić information content (AvgIpc) is 3.53. The Balaban J connectivity index is 2.03. The lowest BCUT2D eigenvalue weighted by Gasteiger charge is -2.22. The van der Waals surface area contributed by atoms with Crippen molar-refractivity contribution in [2.75, 3.05) is 35.4 Å². The maximum absolute atomic E-state index is 14.5. The smallest absolute Gasteiger partial charge is 0.278 e. The van der Waals surface area contributed by atoms with Gasteiger partial charge in [0.15, 0.2) is 0 Å². The van der Waals surface area contributed by atoms with Gasteiger partial charge in [0.05, 0.1) is 30.3 Å². The maximum atomic E-state index is 14.5. The number of nitrogens with zero attached hydrogens (tertiary/aromatic N) is 2. The summed E-state index contributed by atoms with van der Waals surface area (Å²) in [6.45, 7) is 0. The van der Waals surface area contributed by atoms with Crippen LogP contribution in [0.5, 0.6) is 0 Å². The van der Waals surface area contributed by atoms with Gasteiger partial charge in [-0.3, -0.25) is 18.7 Å². The van der Waals surface area contributed by atoms with Crippen LogP contribution in [0.4, 0.5) is 27.3 Å².